The minimum absolute atomic E-state index is 0. The van der Waals surface area contributed by atoms with E-state index in [1.807, 2.05) is 0 Å². The second-order valence-electron chi connectivity index (χ2n) is 2.27. The van der Waals surface area contributed by atoms with Crippen LogP contribution in [0.5, 0.6) is 0 Å². The van der Waals surface area contributed by atoms with E-state index in [-0.39, 0.29) is 17.0 Å². The van der Waals surface area contributed by atoms with Gasteiger partial charge in [-0.1, -0.05) is 0 Å². The Morgan fingerprint density at radius 1 is 1.00 bits per heavy atom. The Labute approximate surface area is 79.2 Å². The van der Waals surface area contributed by atoms with Crippen LogP contribution in [0.4, 0.5) is 0 Å². The van der Waals surface area contributed by atoms with Crippen LogP contribution < -0.4 is 0 Å². The normalized spacial score (nSPS) is 8.78. The van der Waals surface area contributed by atoms with Gasteiger partial charge in [0.2, 0.25) is 0 Å². The first-order chi connectivity index (χ1) is 3.91. The fraction of sp³-hybridized carbons (Fsp3) is 1.00. The van der Waals surface area contributed by atoms with Crippen molar-refractivity contribution in [2.75, 3.05) is 0 Å². The molecular formula is C7H16BrZn. The van der Waals surface area contributed by atoms with Crippen molar-refractivity contribution in [3.05, 3.63) is 0 Å². The van der Waals surface area contributed by atoms with Crippen LogP contribution in [0.3, 0.4) is 0 Å². The average Bonchev–Trinajstić information content (AvgIpc) is 1.81. The third-order valence-corrected chi connectivity index (χ3v) is 2.40. The minimum atomic E-state index is 0. The summed E-state index contributed by atoms with van der Waals surface area (Å²) in [4.78, 5) is 0. The summed E-state index contributed by atoms with van der Waals surface area (Å²) >= 11 is 1.49. The van der Waals surface area contributed by atoms with Crippen LogP contribution in [0.15, 0.2) is 0 Å². The van der Waals surface area contributed by atoms with E-state index >= 15 is 0 Å². The maximum absolute atomic E-state index is 2.26. The van der Waals surface area contributed by atoms with Crippen molar-refractivity contribution in [2.24, 2.45) is 0 Å². The molecule has 0 amide bonds. The molecule has 0 bridgehead atoms. The van der Waals surface area contributed by atoms with Crippen LogP contribution >= 0.6 is 17.0 Å². The van der Waals surface area contributed by atoms with Gasteiger partial charge in [0.15, 0.2) is 0 Å². The van der Waals surface area contributed by atoms with Gasteiger partial charge in [-0.05, 0) is 0 Å². The van der Waals surface area contributed by atoms with Crippen molar-refractivity contribution >= 4 is 17.0 Å². The predicted octanol–water partition coefficient (Wildman–Crippen LogP) is 3.50. The number of halogens is 1. The Bertz CT molecular complexity index is 33.9. The Hall–Kier alpha value is 1.10. The van der Waals surface area contributed by atoms with Gasteiger partial charge in [-0.25, -0.2) is 0 Å². The Balaban J connectivity index is 0. The molecule has 0 aromatic carbocycles. The van der Waals surface area contributed by atoms with Crippen LogP contribution in [0.2, 0.25) is 5.02 Å². The molecule has 9 heavy (non-hydrogen) atoms. The zero-order valence-electron chi connectivity index (χ0n) is 6.36. The van der Waals surface area contributed by atoms with Crippen LogP contribution in [-0.4, -0.2) is 0 Å². The van der Waals surface area contributed by atoms with Gasteiger partial charge < -0.3 is 0 Å². The van der Waals surface area contributed by atoms with Gasteiger partial charge in [-0.15, -0.1) is 17.0 Å². The van der Waals surface area contributed by atoms with E-state index in [1.54, 1.807) is 0 Å². The van der Waals surface area contributed by atoms with E-state index in [4.69, 9.17) is 0 Å². The van der Waals surface area contributed by atoms with E-state index in [9.17, 15) is 0 Å². The SMILES string of the molecule is Br.CCCCCC[CH2][Zn]. The van der Waals surface area contributed by atoms with Crippen LogP contribution in [0, 0.1) is 0 Å². The second kappa shape index (κ2) is 11.8. The molecule has 53 valence electrons. The molecule has 0 fully saturated rings. The van der Waals surface area contributed by atoms with Crippen molar-refractivity contribution in [1.82, 2.24) is 0 Å². The first-order valence-corrected chi connectivity index (χ1v) is 5.81. The first kappa shape index (κ1) is 12.8. The maximum atomic E-state index is 2.26. The molecule has 0 aliphatic carbocycles. The summed E-state index contributed by atoms with van der Waals surface area (Å²) in [5.74, 6) is 0. The summed E-state index contributed by atoms with van der Waals surface area (Å²) in [6.45, 7) is 2.26. The van der Waals surface area contributed by atoms with Crippen molar-refractivity contribution in [3.63, 3.8) is 0 Å². The fourth-order valence-electron chi connectivity index (χ4n) is 0.780. The van der Waals surface area contributed by atoms with Crippen LogP contribution in [0.1, 0.15) is 39.0 Å². The molecule has 0 rings (SSSR count). The van der Waals surface area contributed by atoms with Gasteiger partial charge in [-0.2, -0.15) is 0 Å². The van der Waals surface area contributed by atoms with Gasteiger partial charge in [0.25, 0.3) is 0 Å². The number of hydrogen-bond acceptors (Lipinski definition) is 0. The summed E-state index contributed by atoms with van der Waals surface area (Å²) in [7, 11) is 0. The molecule has 0 unspecified atom stereocenters. The molecule has 0 aromatic rings. The zero-order valence-corrected chi connectivity index (χ0v) is 11.0. The van der Waals surface area contributed by atoms with Crippen molar-refractivity contribution in [2.45, 2.75) is 44.0 Å². The molecule has 0 N–H and O–H groups in total. The van der Waals surface area contributed by atoms with Crippen LogP contribution in [-0.2, 0) is 18.3 Å². The average molecular weight is 245 g/mol. The fourth-order valence-corrected chi connectivity index (χ4v) is 1.52. The second-order valence-corrected chi connectivity index (χ2v) is 3.75. The van der Waals surface area contributed by atoms with E-state index in [2.05, 4.69) is 6.92 Å². The van der Waals surface area contributed by atoms with Crippen molar-refractivity contribution in [3.8, 4) is 0 Å². The molecule has 0 heterocycles. The number of unbranched alkanes of at least 4 members (excludes halogenated alkanes) is 4. The van der Waals surface area contributed by atoms with Crippen molar-refractivity contribution < 1.29 is 18.3 Å². The Kier molecular flexibility index (Phi) is 16.8. The molecule has 0 radical (unpaired) electrons. The van der Waals surface area contributed by atoms with E-state index in [1.165, 1.54) is 55.4 Å². The predicted molar refractivity (Wildman–Crippen MR) is 43.9 cm³/mol. The molecule has 0 atom stereocenters. The molecule has 0 saturated carbocycles. The first-order valence-electron chi connectivity index (χ1n) is 3.71. The molecular weight excluding hydrogens is 229 g/mol. The summed E-state index contributed by atoms with van der Waals surface area (Å²) in [5, 5.41) is 1.49. The number of hydrogen-bond donors (Lipinski definition) is 0. The van der Waals surface area contributed by atoms with Gasteiger partial charge in [0.1, 0.15) is 0 Å². The number of rotatable bonds is 5. The van der Waals surface area contributed by atoms with Crippen LogP contribution in [0.25, 0.3) is 0 Å². The van der Waals surface area contributed by atoms with E-state index < -0.39 is 0 Å². The van der Waals surface area contributed by atoms with Gasteiger partial charge >= 0.3 is 62.3 Å². The summed E-state index contributed by atoms with van der Waals surface area (Å²) in [6, 6.07) is 0. The van der Waals surface area contributed by atoms with Gasteiger partial charge in [0, 0.05) is 0 Å². The van der Waals surface area contributed by atoms with Gasteiger partial charge in [-0.3, -0.25) is 0 Å². The summed E-state index contributed by atoms with van der Waals surface area (Å²) in [5.41, 5.74) is 0. The standard InChI is InChI=1S/C7H15.BrH.Zn/c1-3-5-7-6-4-2;;/h1,3-7H2,2H3;1H;. The molecule has 0 saturated heterocycles. The van der Waals surface area contributed by atoms with E-state index in [0.717, 1.165) is 0 Å². The van der Waals surface area contributed by atoms with Gasteiger partial charge in [0.05, 0.1) is 0 Å². The molecule has 0 aliphatic heterocycles. The van der Waals surface area contributed by atoms with E-state index in [0.29, 0.717) is 0 Å². The molecule has 0 spiro atoms. The molecule has 0 nitrogen and oxygen atoms in total. The van der Waals surface area contributed by atoms with Crippen molar-refractivity contribution in [1.29, 1.82) is 0 Å². The topological polar surface area (TPSA) is 0 Å². The zero-order chi connectivity index (χ0) is 6.24. The summed E-state index contributed by atoms with van der Waals surface area (Å²) in [6.07, 6.45) is 7.25. The monoisotopic (exact) mass is 243 g/mol. The third-order valence-electron chi connectivity index (χ3n) is 1.35. The molecule has 0 aromatic heterocycles. The Morgan fingerprint density at radius 3 is 2.00 bits per heavy atom. The summed E-state index contributed by atoms with van der Waals surface area (Å²) < 4.78 is 0. The molecule has 0 aliphatic rings. The third kappa shape index (κ3) is 12.3. The Morgan fingerprint density at radius 2 is 1.56 bits per heavy atom. The quantitative estimate of drug-likeness (QED) is 0.514. The molecule has 2 heteroatoms.